The number of aryl methyl sites for hydroxylation is 2. The summed E-state index contributed by atoms with van der Waals surface area (Å²) in [4.78, 5) is 34.7. The first kappa shape index (κ1) is 17.1. The van der Waals surface area contributed by atoms with Crippen LogP contribution in [0.5, 0.6) is 0 Å². The molecule has 0 aliphatic carbocycles. The molecular weight excluding hydrogens is 320 g/mol. The van der Waals surface area contributed by atoms with E-state index in [4.69, 9.17) is 0 Å². The zero-order valence-electron chi connectivity index (χ0n) is 14.5. The molecule has 3 heterocycles. The molecule has 1 unspecified atom stereocenters. The van der Waals surface area contributed by atoms with Crippen LogP contribution in [0.15, 0.2) is 24.8 Å². The molecule has 0 aromatic carbocycles. The van der Waals surface area contributed by atoms with Gasteiger partial charge in [-0.05, 0) is 26.2 Å². The smallest absolute Gasteiger partial charge is 0.271 e. The minimum absolute atomic E-state index is 0.00602. The van der Waals surface area contributed by atoms with E-state index in [0.29, 0.717) is 24.3 Å². The van der Waals surface area contributed by atoms with Crippen molar-refractivity contribution in [3.8, 4) is 0 Å². The van der Waals surface area contributed by atoms with Crippen LogP contribution >= 0.6 is 0 Å². The van der Waals surface area contributed by atoms with Crippen LogP contribution in [0.2, 0.25) is 0 Å². The standard InChI is InChI=1S/C17H22N6O2/c1-12-14(11-22(2)21-12)17(25)23-8-3-4-13(5-9-23)20-16(24)15-10-18-6-7-19-15/h6-7,10-11,13H,3-5,8-9H2,1-2H3,(H,20,24). The Bertz CT molecular complexity index is 758. The molecule has 2 amide bonds. The molecule has 8 heteroatoms. The number of nitrogens with one attached hydrogen (secondary N) is 1. The maximum atomic E-state index is 12.7. The van der Waals surface area contributed by atoms with Gasteiger partial charge >= 0.3 is 0 Å². The van der Waals surface area contributed by atoms with Crippen LogP contribution in [0.3, 0.4) is 0 Å². The third-order valence-electron chi connectivity index (χ3n) is 4.39. The van der Waals surface area contributed by atoms with Crippen molar-refractivity contribution in [2.45, 2.75) is 32.2 Å². The predicted molar refractivity (Wildman–Crippen MR) is 91.0 cm³/mol. The average Bonchev–Trinajstić information content (AvgIpc) is 2.81. The number of nitrogens with zero attached hydrogens (tertiary/aromatic N) is 5. The van der Waals surface area contributed by atoms with Gasteiger partial charge in [0.05, 0.1) is 17.5 Å². The second-order valence-corrected chi connectivity index (χ2v) is 6.29. The molecule has 0 spiro atoms. The van der Waals surface area contributed by atoms with Gasteiger partial charge in [0.25, 0.3) is 11.8 Å². The highest BCUT2D eigenvalue weighted by atomic mass is 16.2. The highest BCUT2D eigenvalue weighted by Crippen LogP contribution is 2.16. The van der Waals surface area contributed by atoms with Gasteiger partial charge in [-0.2, -0.15) is 5.10 Å². The van der Waals surface area contributed by atoms with Gasteiger partial charge in [-0.1, -0.05) is 0 Å². The monoisotopic (exact) mass is 342 g/mol. The first-order chi connectivity index (χ1) is 12.0. The molecule has 1 saturated heterocycles. The Balaban J connectivity index is 1.60. The van der Waals surface area contributed by atoms with Crippen molar-refractivity contribution < 1.29 is 9.59 Å². The molecule has 1 atom stereocenters. The van der Waals surface area contributed by atoms with Crippen LogP contribution in [0.25, 0.3) is 0 Å². The van der Waals surface area contributed by atoms with Crippen LogP contribution in [0.1, 0.15) is 45.8 Å². The van der Waals surface area contributed by atoms with E-state index in [1.54, 1.807) is 10.9 Å². The molecule has 2 aromatic heterocycles. The van der Waals surface area contributed by atoms with Crippen LogP contribution in [0.4, 0.5) is 0 Å². The van der Waals surface area contributed by atoms with Gasteiger partial charge in [-0.25, -0.2) is 4.98 Å². The second kappa shape index (κ2) is 7.42. The lowest BCUT2D eigenvalue weighted by Crippen LogP contribution is -2.37. The minimum atomic E-state index is -0.221. The summed E-state index contributed by atoms with van der Waals surface area (Å²) in [7, 11) is 1.81. The zero-order valence-corrected chi connectivity index (χ0v) is 14.5. The minimum Gasteiger partial charge on any atom is -0.348 e. The number of carbonyl (C=O) groups excluding carboxylic acids is 2. The van der Waals surface area contributed by atoms with Crippen molar-refractivity contribution >= 4 is 11.8 Å². The number of carbonyl (C=O) groups is 2. The molecule has 8 nitrogen and oxygen atoms in total. The summed E-state index contributed by atoms with van der Waals surface area (Å²) in [5.74, 6) is -0.215. The molecule has 25 heavy (non-hydrogen) atoms. The third kappa shape index (κ3) is 4.01. The van der Waals surface area contributed by atoms with Gasteiger partial charge in [0.2, 0.25) is 0 Å². The van der Waals surface area contributed by atoms with E-state index in [9.17, 15) is 9.59 Å². The number of hydrogen-bond donors (Lipinski definition) is 1. The van der Waals surface area contributed by atoms with Crippen LogP contribution in [-0.4, -0.2) is 55.6 Å². The van der Waals surface area contributed by atoms with Crippen molar-refractivity contribution in [1.29, 1.82) is 0 Å². The number of likely N-dealkylation sites (tertiary alicyclic amines) is 1. The van der Waals surface area contributed by atoms with Crippen LogP contribution < -0.4 is 5.32 Å². The van der Waals surface area contributed by atoms with Gasteiger partial charge in [-0.3, -0.25) is 19.3 Å². The number of rotatable bonds is 3. The summed E-state index contributed by atoms with van der Waals surface area (Å²) in [6.45, 7) is 3.14. The fraction of sp³-hybridized carbons (Fsp3) is 0.471. The first-order valence-corrected chi connectivity index (χ1v) is 8.41. The molecule has 0 bridgehead atoms. The zero-order chi connectivity index (χ0) is 17.8. The normalized spacial score (nSPS) is 17.8. The van der Waals surface area contributed by atoms with Gasteiger partial charge < -0.3 is 10.2 Å². The Morgan fingerprint density at radius 2 is 2.08 bits per heavy atom. The first-order valence-electron chi connectivity index (χ1n) is 8.41. The molecule has 3 rings (SSSR count). The summed E-state index contributed by atoms with van der Waals surface area (Å²) in [5, 5.41) is 7.23. The number of aromatic nitrogens is 4. The van der Waals surface area contributed by atoms with E-state index in [1.165, 1.54) is 18.6 Å². The van der Waals surface area contributed by atoms with Gasteiger partial charge in [0, 0.05) is 44.8 Å². The van der Waals surface area contributed by atoms with Crippen molar-refractivity contribution in [2.24, 2.45) is 7.05 Å². The van der Waals surface area contributed by atoms with Crippen molar-refractivity contribution in [3.63, 3.8) is 0 Å². The van der Waals surface area contributed by atoms with Crippen LogP contribution in [-0.2, 0) is 7.05 Å². The Hall–Kier alpha value is -2.77. The number of hydrogen-bond acceptors (Lipinski definition) is 5. The van der Waals surface area contributed by atoms with E-state index >= 15 is 0 Å². The summed E-state index contributed by atoms with van der Waals surface area (Å²) >= 11 is 0. The fourth-order valence-corrected chi connectivity index (χ4v) is 3.10. The van der Waals surface area contributed by atoms with Crippen molar-refractivity contribution in [2.75, 3.05) is 13.1 Å². The topological polar surface area (TPSA) is 93.0 Å². The highest BCUT2D eigenvalue weighted by molar-refractivity contribution is 5.95. The molecule has 2 aromatic rings. The van der Waals surface area contributed by atoms with E-state index in [-0.39, 0.29) is 17.9 Å². The summed E-state index contributed by atoms with van der Waals surface area (Å²) in [6, 6.07) is 0.0299. The van der Waals surface area contributed by atoms with Gasteiger partial charge in [0.15, 0.2) is 0 Å². The molecule has 1 fully saturated rings. The maximum absolute atomic E-state index is 12.7. The maximum Gasteiger partial charge on any atom is 0.271 e. The quantitative estimate of drug-likeness (QED) is 0.896. The highest BCUT2D eigenvalue weighted by Gasteiger charge is 2.25. The molecule has 1 N–H and O–H groups in total. The van der Waals surface area contributed by atoms with Crippen molar-refractivity contribution in [3.05, 3.63) is 41.7 Å². The molecule has 0 radical (unpaired) electrons. The summed E-state index contributed by atoms with van der Waals surface area (Å²) < 4.78 is 1.66. The van der Waals surface area contributed by atoms with Crippen LogP contribution in [0, 0.1) is 6.92 Å². The van der Waals surface area contributed by atoms with E-state index in [2.05, 4.69) is 20.4 Å². The summed E-state index contributed by atoms with van der Waals surface area (Å²) in [5.41, 5.74) is 1.69. The molecule has 1 aliphatic heterocycles. The lowest BCUT2D eigenvalue weighted by atomic mass is 10.1. The Morgan fingerprint density at radius 1 is 1.24 bits per heavy atom. The predicted octanol–water partition coefficient (Wildman–Crippen LogP) is 0.943. The van der Waals surface area contributed by atoms with Gasteiger partial charge in [-0.15, -0.1) is 0 Å². The Kier molecular flexibility index (Phi) is 5.06. The van der Waals surface area contributed by atoms with E-state index in [1.807, 2.05) is 18.9 Å². The van der Waals surface area contributed by atoms with Crippen molar-refractivity contribution in [1.82, 2.24) is 30.0 Å². The third-order valence-corrected chi connectivity index (χ3v) is 4.39. The molecular formula is C17H22N6O2. The van der Waals surface area contributed by atoms with E-state index < -0.39 is 0 Å². The molecule has 132 valence electrons. The Labute approximate surface area is 146 Å². The van der Waals surface area contributed by atoms with E-state index in [0.717, 1.165) is 25.0 Å². The molecule has 0 saturated carbocycles. The lowest BCUT2D eigenvalue weighted by molar-refractivity contribution is 0.0760. The summed E-state index contributed by atoms with van der Waals surface area (Å²) in [6.07, 6.45) is 8.64. The second-order valence-electron chi connectivity index (χ2n) is 6.29. The Morgan fingerprint density at radius 3 is 2.76 bits per heavy atom. The molecule has 1 aliphatic rings. The average molecular weight is 342 g/mol. The largest absolute Gasteiger partial charge is 0.348 e. The SMILES string of the molecule is Cc1nn(C)cc1C(=O)N1CCCC(NC(=O)c2cnccn2)CC1. The van der Waals surface area contributed by atoms with Gasteiger partial charge in [0.1, 0.15) is 5.69 Å². The fourth-order valence-electron chi connectivity index (χ4n) is 3.10. The lowest BCUT2D eigenvalue weighted by Gasteiger charge is -2.20. The number of amides is 2.